The highest BCUT2D eigenvalue weighted by molar-refractivity contribution is 7.99. The number of methoxy groups -OCH3 is 1. The van der Waals surface area contributed by atoms with Crippen LogP contribution in [0.4, 0.5) is 4.39 Å². The fourth-order valence-corrected chi connectivity index (χ4v) is 5.09. The van der Waals surface area contributed by atoms with E-state index in [0.717, 1.165) is 27.2 Å². The maximum Gasteiger partial charge on any atom is 0.233 e. The van der Waals surface area contributed by atoms with Gasteiger partial charge in [-0.05, 0) is 42.3 Å². The summed E-state index contributed by atoms with van der Waals surface area (Å²) in [5, 5.41) is 1.91. The number of halogens is 1. The van der Waals surface area contributed by atoms with Gasteiger partial charge in [0.1, 0.15) is 17.6 Å². The van der Waals surface area contributed by atoms with E-state index in [0.29, 0.717) is 24.3 Å². The maximum absolute atomic E-state index is 15.2. The number of thioether (sulfide) groups is 1. The molecule has 2 aromatic carbocycles. The molecule has 0 unspecified atom stereocenters. The molecule has 5 nitrogen and oxygen atoms in total. The Labute approximate surface area is 189 Å². The zero-order valence-corrected chi connectivity index (χ0v) is 18.4. The van der Waals surface area contributed by atoms with Crippen LogP contribution in [0.15, 0.2) is 71.9 Å². The van der Waals surface area contributed by atoms with Gasteiger partial charge in [0.25, 0.3) is 0 Å². The third-order valence-corrected chi connectivity index (χ3v) is 6.77. The van der Waals surface area contributed by atoms with Crippen molar-refractivity contribution < 1.29 is 13.9 Å². The lowest BCUT2D eigenvalue weighted by Gasteiger charge is -2.36. The predicted molar refractivity (Wildman–Crippen MR) is 123 cm³/mol. The minimum atomic E-state index is -0.533. The van der Waals surface area contributed by atoms with E-state index in [1.807, 2.05) is 36.4 Å². The summed E-state index contributed by atoms with van der Waals surface area (Å²) in [6.07, 6.45) is 2.42. The fourth-order valence-electron chi connectivity index (χ4n) is 4.34. The van der Waals surface area contributed by atoms with Gasteiger partial charge in [-0.1, -0.05) is 36.0 Å². The number of aromatic nitrogens is 2. The van der Waals surface area contributed by atoms with Gasteiger partial charge >= 0.3 is 0 Å². The number of benzene rings is 2. The first kappa shape index (κ1) is 20.6. The van der Waals surface area contributed by atoms with Crippen molar-refractivity contribution in [2.45, 2.75) is 17.5 Å². The van der Waals surface area contributed by atoms with Gasteiger partial charge in [0.2, 0.25) is 5.91 Å². The molecule has 5 rings (SSSR count). The quantitative estimate of drug-likeness (QED) is 0.439. The lowest BCUT2D eigenvalue weighted by atomic mass is 9.92. The molecule has 1 amide bonds. The van der Waals surface area contributed by atoms with Crippen LogP contribution in [0.25, 0.3) is 10.9 Å². The van der Waals surface area contributed by atoms with Crippen molar-refractivity contribution in [1.29, 1.82) is 0 Å². The van der Waals surface area contributed by atoms with Gasteiger partial charge in [0.15, 0.2) is 0 Å². The van der Waals surface area contributed by atoms with E-state index in [1.165, 1.54) is 24.9 Å². The van der Waals surface area contributed by atoms with E-state index in [1.54, 1.807) is 23.2 Å². The van der Waals surface area contributed by atoms with Gasteiger partial charge in [-0.2, -0.15) is 0 Å². The van der Waals surface area contributed by atoms with Crippen LogP contribution in [0, 0.1) is 5.82 Å². The monoisotopic (exact) mass is 447 g/mol. The van der Waals surface area contributed by atoms with Crippen LogP contribution in [0.1, 0.15) is 22.9 Å². The van der Waals surface area contributed by atoms with Crippen LogP contribution >= 0.6 is 11.8 Å². The van der Waals surface area contributed by atoms with E-state index in [9.17, 15) is 4.79 Å². The van der Waals surface area contributed by atoms with E-state index in [4.69, 9.17) is 4.74 Å². The molecule has 0 radical (unpaired) electrons. The number of nitrogens with one attached hydrogen (secondary N) is 1. The molecule has 2 aromatic heterocycles. The molecular formula is C25H22FN3O2S. The molecule has 1 aliphatic heterocycles. The number of fused-ring (bicyclic) bond motifs is 3. The summed E-state index contributed by atoms with van der Waals surface area (Å²) in [6.45, 7) is 0.520. The molecule has 1 atom stereocenters. The number of ether oxygens (including phenoxy) is 1. The Bertz CT molecular complexity index is 1270. The van der Waals surface area contributed by atoms with Crippen molar-refractivity contribution in [3.8, 4) is 5.75 Å². The second-order valence-electron chi connectivity index (χ2n) is 7.65. The molecule has 162 valence electrons. The van der Waals surface area contributed by atoms with Gasteiger partial charge in [0, 0.05) is 41.0 Å². The smallest absolute Gasteiger partial charge is 0.233 e. The Balaban J connectivity index is 1.54. The highest BCUT2D eigenvalue weighted by Crippen LogP contribution is 2.40. The normalized spacial score (nSPS) is 15.6. The summed E-state index contributed by atoms with van der Waals surface area (Å²) in [7, 11) is 1.51. The van der Waals surface area contributed by atoms with Crippen molar-refractivity contribution in [1.82, 2.24) is 14.9 Å². The third kappa shape index (κ3) is 3.73. The molecule has 0 spiro atoms. The number of aromatic amines is 1. The minimum absolute atomic E-state index is 0.0508. The molecule has 1 N–H and O–H groups in total. The number of carbonyl (C=O) groups is 1. The van der Waals surface area contributed by atoms with E-state index < -0.39 is 11.9 Å². The number of nitrogens with zero attached hydrogens (tertiary/aromatic N) is 2. The molecule has 0 bridgehead atoms. The zero-order valence-electron chi connectivity index (χ0n) is 17.5. The van der Waals surface area contributed by atoms with E-state index in [2.05, 4.69) is 16.0 Å². The standard InChI is InChI=1S/C25H22FN3O2S/c1-31-16-9-10-19(20(26)14-16)25-24-18(17-6-2-3-7-21(17)28-24)11-13-29(25)23(30)15-32-22-8-4-5-12-27-22/h2-10,12,14,25,28H,11,13,15H2,1H3/t25-/m1/s1. The molecule has 7 heteroatoms. The van der Waals surface area contributed by atoms with E-state index in [-0.39, 0.29) is 11.7 Å². The van der Waals surface area contributed by atoms with Crippen LogP contribution < -0.4 is 4.74 Å². The van der Waals surface area contributed by atoms with Crippen LogP contribution in [-0.2, 0) is 11.2 Å². The van der Waals surface area contributed by atoms with Gasteiger partial charge in [-0.3, -0.25) is 4.79 Å². The van der Waals surface area contributed by atoms with Gasteiger partial charge < -0.3 is 14.6 Å². The summed E-state index contributed by atoms with van der Waals surface area (Å²) in [5.74, 6) is 0.240. The Morgan fingerprint density at radius 1 is 1.22 bits per heavy atom. The first-order valence-corrected chi connectivity index (χ1v) is 11.4. The molecule has 32 heavy (non-hydrogen) atoms. The Morgan fingerprint density at radius 2 is 2.06 bits per heavy atom. The van der Waals surface area contributed by atoms with Gasteiger partial charge in [-0.25, -0.2) is 9.37 Å². The summed E-state index contributed by atoms with van der Waals surface area (Å²) < 4.78 is 20.4. The first-order chi connectivity index (χ1) is 15.7. The Kier molecular flexibility index (Phi) is 5.57. The lowest BCUT2D eigenvalue weighted by molar-refractivity contribution is -0.130. The fraction of sp³-hybridized carbons (Fsp3) is 0.200. The van der Waals surface area contributed by atoms with Gasteiger partial charge in [0.05, 0.1) is 17.9 Å². The number of para-hydroxylation sites is 1. The third-order valence-electron chi connectivity index (χ3n) is 5.84. The summed E-state index contributed by atoms with van der Waals surface area (Å²) in [4.78, 5) is 22.9. The number of hydrogen-bond donors (Lipinski definition) is 1. The average molecular weight is 448 g/mol. The molecule has 0 fully saturated rings. The second kappa shape index (κ2) is 8.67. The summed E-state index contributed by atoms with van der Waals surface area (Å²) in [5.41, 5.74) is 3.46. The number of amides is 1. The van der Waals surface area contributed by atoms with E-state index >= 15 is 4.39 Å². The summed E-state index contributed by atoms with van der Waals surface area (Å²) in [6, 6.07) is 18.0. The highest BCUT2D eigenvalue weighted by Gasteiger charge is 2.36. The maximum atomic E-state index is 15.2. The topological polar surface area (TPSA) is 58.2 Å². The van der Waals surface area contributed by atoms with Crippen molar-refractivity contribution >= 4 is 28.6 Å². The molecule has 1 aliphatic rings. The molecule has 3 heterocycles. The lowest BCUT2D eigenvalue weighted by Crippen LogP contribution is -2.41. The summed E-state index contributed by atoms with van der Waals surface area (Å²) >= 11 is 1.39. The Hall–Kier alpha value is -3.32. The van der Waals surface area contributed by atoms with Crippen LogP contribution in [-0.4, -0.2) is 40.2 Å². The number of H-pyrrole nitrogens is 1. The molecule has 0 saturated carbocycles. The second-order valence-corrected chi connectivity index (χ2v) is 8.64. The largest absolute Gasteiger partial charge is 0.497 e. The zero-order chi connectivity index (χ0) is 22.1. The Morgan fingerprint density at radius 3 is 2.84 bits per heavy atom. The van der Waals surface area contributed by atoms with Crippen molar-refractivity contribution in [3.05, 3.63) is 89.5 Å². The predicted octanol–water partition coefficient (Wildman–Crippen LogP) is 4.98. The highest BCUT2D eigenvalue weighted by atomic mass is 32.2. The molecule has 4 aromatic rings. The van der Waals surface area contributed by atoms with Crippen molar-refractivity contribution in [3.63, 3.8) is 0 Å². The SMILES string of the molecule is COc1ccc([C@@H]2c3[nH]c4ccccc4c3CCN2C(=O)CSc2ccccn2)c(F)c1. The van der Waals surface area contributed by atoms with Crippen molar-refractivity contribution in [2.24, 2.45) is 0 Å². The number of hydrogen-bond acceptors (Lipinski definition) is 4. The van der Waals surface area contributed by atoms with Crippen LogP contribution in [0.5, 0.6) is 5.75 Å². The molecule has 0 saturated heterocycles. The molecule has 0 aliphatic carbocycles. The van der Waals surface area contributed by atoms with Crippen LogP contribution in [0.2, 0.25) is 0 Å². The van der Waals surface area contributed by atoms with Crippen molar-refractivity contribution in [2.75, 3.05) is 19.4 Å². The molecular weight excluding hydrogens is 425 g/mol. The number of rotatable bonds is 5. The van der Waals surface area contributed by atoms with Crippen LogP contribution in [0.3, 0.4) is 0 Å². The first-order valence-electron chi connectivity index (χ1n) is 10.4. The number of pyridine rings is 1. The minimum Gasteiger partial charge on any atom is -0.497 e. The number of carbonyl (C=O) groups excluding carboxylic acids is 1. The average Bonchev–Trinajstić information content (AvgIpc) is 3.21. The van der Waals surface area contributed by atoms with Gasteiger partial charge in [-0.15, -0.1) is 0 Å².